The van der Waals surface area contributed by atoms with Crippen molar-refractivity contribution in [2.75, 3.05) is 26.8 Å². The average molecular weight is 198 g/mol. The van der Waals surface area contributed by atoms with E-state index < -0.39 is 0 Å². The number of methoxy groups -OCH3 is 1. The molecule has 0 saturated heterocycles. The number of nitrogens with two attached hydrogens (primary N) is 1. The van der Waals surface area contributed by atoms with E-state index in [9.17, 15) is 0 Å². The van der Waals surface area contributed by atoms with Crippen LogP contribution in [0.3, 0.4) is 0 Å². The lowest BCUT2D eigenvalue weighted by Crippen LogP contribution is -2.54. The average Bonchev–Trinajstić information content (AvgIpc) is 2.23. The van der Waals surface area contributed by atoms with Crippen LogP contribution in [0.15, 0.2) is 0 Å². The third kappa shape index (κ3) is 4.61. The molecular weight excluding hydrogens is 176 g/mol. The van der Waals surface area contributed by atoms with Crippen LogP contribution in [-0.2, 0) is 4.74 Å². The minimum atomic E-state index is -0.0792. The number of ether oxygens (including phenoxy) is 1. The Balaban J connectivity index is 3.98. The van der Waals surface area contributed by atoms with Crippen LogP contribution in [0.2, 0.25) is 0 Å². The third-order valence-electron chi connectivity index (χ3n) is 2.41. The second-order valence-electron chi connectivity index (χ2n) is 3.37. The smallest absolute Gasteiger partial charge is 0.0656 e. The highest BCUT2D eigenvalue weighted by Gasteiger charge is 2.24. The Morgan fingerprint density at radius 1 is 1.50 bits per heavy atom. The molecule has 0 bridgehead atoms. The lowest BCUT2D eigenvalue weighted by atomic mass is 9.97. The van der Waals surface area contributed by atoms with Crippen LogP contribution in [0.1, 0.15) is 26.7 Å². The van der Waals surface area contributed by atoms with Crippen LogP contribution in [0, 0.1) is 11.8 Å². The molecule has 3 heteroatoms. The molecule has 0 saturated carbocycles. The van der Waals surface area contributed by atoms with Gasteiger partial charge in [-0.05, 0) is 13.3 Å². The van der Waals surface area contributed by atoms with Crippen LogP contribution in [0.4, 0.5) is 0 Å². The number of rotatable bonds is 7. The van der Waals surface area contributed by atoms with E-state index in [4.69, 9.17) is 10.5 Å². The molecular formula is C11H22N2O. The molecule has 82 valence electrons. The summed E-state index contributed by atoms with van der Waals surface area (Å²) in [5.41, 5.74) is 5.66. The largest absolute Gasteiger partial charge is 0.383 e. The molecule has 0 aliphatic heterocycles. The summed E-state index contributed by atoms with van der Waals surface area (Å²) in [6.07, 6.45) is 1.83. The van der Waals surface area contributed by atoms with Crippen molar-refractivity contribution in [1.82, 2.24) is 5.32 Å². The number of hydrogen-bond acceptors (Lipinski definition) is 3. The highest BCUT2D eigenvalue weighted by atomic mass is 16.5. The van der Waals surface area contributed by atoms with Gasteiger partial charge in [0.25, 0.3) is 0 Å². The maximum Gasteiger partial charge on any atom is 0.0656 e. The van der Waals surface area contributed by atoms with Gasteiger partial charge >= 0.3 is 0 Å². The van der Waals surface area contributed by atoms with Crippen LogP contribution in [-0.4, -0.2) is 32.3 Å². The first-order chi connectivity index (χ1) is 6.74. The van der Waals surface area contributed by atoms with Crippen LogP contribution in [0.5, 0.6) is 0 Å². The molecule has 0 radical (unpaired) electrons. The van der Waals surface area contributed by atoms with Crippen molar-refractivity contribution < 1.29 is 4.74 Å². The Hall–Kier alpha value is -0.560. The molecule has 0 aromatic heterocycles. The Kier molecular flexibility index (Phi) is 7.50. The minimum Gasteiger partial charge on any atom is -0.383 e. The molecule has 0 spiro atoms. The summed E-state index contributed by atoms with van der Waals surface area (Å²) < 4.78 is 5.17. The molecule has 3 N–H and O–H groups in total. The normalized spacial score (nSPS) is 14.3. The van der Waals surface area contributed by atoms with Gasteiger partial charge in [-0.1, -0.05) is 6.92 Å². The fourth-order valence-corrected chi connectivity index (χ4v) is 1.34. The summed E-state index contributed by atoms with van der Waals surface area (Å²) in [5.74, 6) is 5.89. The van der Waals surface area contributed by atoms with E-state index in [0.717, 1.165) is 19.4 Å². The van der Waals surface area contributed by atoms with E-state index >= 15 is 0 Å². The van der Waals surface area contributed by atoms with E-state index in [2.05, 4.69) is 24.1 Å². The van der Waals surface area contributed by atoms with Gasteiger partial charge in [0.05, 0.1) is 12.1 Å². The standard InChI is InChI=1S/C11H22N2O/c1-4-6-7-8-13-11(5-2,9-12)10-14-3/h13H,5,7-10,12H2,1-3H3. The highest BCUT2D eigenvalue weighted by molar-refractivity contribution is 4.96. The molecule has 1 atom stereocenters. The summed E-state index contributed by atoms with van der Waals surface area (Å²) in [7, 11) is 1.70. The van der Waals surface area contributed by atoms with Gasteiger partial charge in [-0.2, -0.15) is 0 Å². The van der Waals surface area contributed by atoms with E-state index in [1.54, 1.807) is 7.11 Å². The molecule has 3 nitrogen and oxygen atoms in total. The van der Waals surface area contributed by atoms with E-state index in [1.807, 2.05) is 6.92 Å². The Labute approximate surface area is 87.4 Å². The summed E-state index contributed by atoms with van der Waals surface area (Å²) in [6, 6.07) is 0. The van der Waals surface area contributed by atoms with Crippen LogP contribution >= 0.6 is 0 Å². The Morgan fingerprint density at radius 3 is 2.64 bits per heavy atom. The zero-order chi connectivity index (χ0) is 10.9. The molecule has 0 heterocycles. The predicted octanol–water partition coefficient (Wildman–Crippen LogP) is 0.743. The van der Waals surface area contributed by atoms with Crippen molar-refractivity contribution in [3.63, 3.8) is 0 Å². The lowest BCUT2D eigenvalue weighted by Gasteiger charge is -2.31. The molecule has 0 rings (SSSR count). The molecule has 0 aliphatic rings. The SMILES string of the molecule is CC#CCCNC(CC)(CN)COC. The number of nitrogens with one attached hydrogen (secondary N) is 1. The molecule has 0 aliphatic carbocycles. The van der Waals surface area contributed by atoms with Gasteiger partial charge < -0.3 is 15.8 Å². The maximum atomic E-state index is 5.74. The first kappa shape index (κ1) is 13.4. The molecule has 1 unspecified atom stereocenters. The Bertz CT molecular complexity index is 189. The molecule has 0 fully saturated rings. The van der Waals surface area contributed by atoms with Gasteiger partial charge in [0, 0.05) is 26.6 Å². The monoisotopic (exact) mass is 198 g/mol. The lowest BCUT2D eigenvalue weighted by molar-refractivity contribution is 0.110. The van der Waals surface area contributed by atoms with Crippen molar-refractivity contribution in [2.24, 2.45) is 5.73 Å². The molecule has 0 amide bonds. The summed E-state index contributed by atoms with van der Waals surface area (Å²) in [5, 5.41) is 3.42. The van der Waals surface area contributed by atoms with Gasteiger partial charge in [-0.15, -0.1) is 11.8 Å². The minimum absolute atomic E-state index is 0.0792. The quantitative estimate of drug-likeness (QED) is 0.468. The van der Waals surface area contributed by atoms with E-state index in [1.165, 1.54) is 0 Å². The van der Waals surface area contributed by atoms with Crippen molar-refractivity contribution in [3.8, 4) is 11.8 Å². The van der Waals surface area contributed by atoms with E-state index in [0.29, 0.717) is 13.2 Å². The first-order valence-electron chi connectivity index (χ1n) is 5.08. The van der Waals surface area contributed by atoms with Gasteiger partial charge in [0.1, 0.15) is 0 Å². The summed E-state index contributed by atoms with van der Waals surface area (Å²) in [6.45, 7) is 6.08. The van der Waals surface area contributed by atoms with Crippen molar-refractivity contribution in [2.45, 2.75) is 32.2 Å². The fraction of sp³-hybridized carbons (Fsp3) is 0.818. The fourth-order valence-electron chi connectivity index (χ4n) is 1.34. The van der Waals surface area contributed by atoms with Crippen molar-refractivity contribution in [3.05, 3.63) is 0 Å². The summed E-state index contributed by atoms with van der Waals surface area (Å²) >= 11 is 0. The molecule has 0 aromatic carbocycles. The highest BCUT2D eigenvalue weighted by Crippen LogP contribution is 2.08. The summed E-state index contributed by atoms with van der Waals surface area (Å²) in [4.78, 5) is 0. The van der Waals surface area contributed by atoms with Crippen molar-refractivity contribution >= 4 is 0 Å². The van der Waals surface area contributed by atoms with Gasteiger partial charge in [0.15, 0.2) is 0 Å². The van der Waals surface area contributed by atoms with Crippen molar-refractivity contribution in [1.29, 1.82) is 0 Å². The zero-order valence-corrected chi connectivity index (χ0v) is 9.52. The second kappa shape index (κ2) is 7.81. The van der Waals surface area contributed by atoms with Crippen LogP contribution < -0.4 is 11.1 Å². The topological polar surface area (TPSA) is 47.3 Å². The second-order valence-corrected chi connectivity index (χ2v) is 3.37. The van der Waals surface area contributed by atoms with Gasteiger partial charge in [-0.3, -0.25) is 0 Å². The number of hydrogen-bond donors (Lipinski definition) is 2. The first-order valence-corrected chi connectivity index (χ1v) is 5.08. The molecule has 14 heavy (non-hydrogen) atoms. The Morgan fingerprint density at radius 2 is 2.21 bits per heavy atom. The van der Waals surface area contributed by atoms with Gasteiger partial charge in [0.2, 0.25) is 0 Å². The molecule has 0 aromatic rings. The third-order valence-corrected chi connectivity index (χ3v) is 2.41. The van der Waals surface area contributed by atoms with E-state index in [-0.39, 0.29) is 5.54 Å². The predicted molar refractivity (Wildman–Crippen MR) is 60.0 cm³/mol. The van der Waals surface area contributed by atoms with Gasteiger partial charge in [-0.25, -0.2) is 0 Å². The zero-order valence-electron chi connectivity index (χ0n) is 9.52. The van der Waals surface area contributed by atoms with Crippen LogP contribution in [0.25, 0.3) is 0 Å². The maximum absolute atomic E-state index is 5.74.